The van der Waals surface area contributed by atoms with Crippen LogP contribution in [0.2, 0.25) is 0 Å². The zero-order valence-corrected chi connectivity index (χ0v) is 14.6. The molecular weight excluding hydrogens is 340 g/mol. The summed E-state index contributed by atoms with van der Waals surface area (Å²) in [6, 6.07) is 4.41. The molecule has 2 aromatic rings. The summed E-state index contributed by atoms with van der Waals surface area (Å²) in [5.74, 6) is 0.613. The minimum absolute atomic E-state index is 0.183. The summed E-state index contributed by atoms with van der Waals surface area (Å²) in [4.78, 5) is 39.5. The second kappa shape index (κ2) is 7.48. The Labute approximate surface area is 149 Å². The molecule has 2 amide bonds. The van der Waals surface area contributed by atoms with Gasteiger partial charge in [-0.25, -0.2) is 4.68 Å². The smallest absolute Gasteiger partial charge is 0.274 e. The highest BCUT2D eigenvalue weighted by molar-refractivity contribution is 5.92. The van der Waals surface area contributed by atoms with Crippen molar-refractivity contribution < 1.29 is 14.1 Å². The van der Waals surface area contributed by atoms with Crippen LogP contribution in [0.1, 0.15) is 16.2 Å². The Morgan fingerprint density at radius 3 is 2.58 bits per heavy atom. The van der Waals surface area contributed by atoms with Crippen LogP contribution in [0, 0.1) is 6.92 Å². The fourth-order valence-corrected chi connectivity index (χ4v) is 2.70. The highest BCUT2D eigenvalue weighted by Crippen LogP contribution is 2.09. The Morgan fingerprint density at radius 1 is 1.23 bits per heavy atom. The Morgan fingerprint density at radius 2 is 1.96 bits per heavy atom. The lowest BCUT2D eigenvalue weighted by atomic mass is 10.2. The molecule has 0 atom stereocenters. The molecule has 3 rings (SSSR count). The maximum atomic E-state index is 12.5. The molecule has 1 fully saturated rings. The first-order valence-electron chi connectivity index (χ1n) is 8.21. The summed E-state index contributed by atoms with van der Waals surface area (Å²) >= 11 is 0. The predicted molar refractivity (Wildman–Crippen MR) is 91.7 cm³/mol. The van der Waals surface area contributed by atoms with Crippen LogP contribution in [-0.2, 0) is 11.8 Å². The van der Waals surface area contributed by atoms with Crippen LogP contribution in [0.25, 0.3) is 0 Å². The fourth-order valence-electron chi connectivity index (χ4n) is 2.70. The monoisotopic (exact) mass is 360 g/mol. The van der Waals surface area contributed by atoms with Crippen LogP contribution in [0.15, 0.2) is 27.5 Å². The van der Waals surface area contributed by atoms with Gasteiger partial charge < -0.3 is 14.7 Å². The number of carbonyl (C=O) groups excluding carboxylic acids is 2. The maximum absolute atomic E-state index is 12.5. The quantitative estimate of drug-likeness (QED) is 0.780. The Balaban J connectivity index is 1.50. The number of amides is 2. The Kier molecular flexibility index (Phi) is 5.12. The number of aromatic nitrogens is 3. The second-order valence-corrected chi connectivity index (χ2v) is 6.12. The molecule has 10 nitrogen and oxygen atoms in total. The second-order valence-electron chi connectivity index (χ2n) is 6.12. The van der Waals surface area contributed by atoms with Crippen LogP contribution < -0.4 is 10.9 Å². The molecule has 0 radical (unpaired) electrons. The van der Waals surface area contributed by atoms with Crippen molar-refractivity contribution in [3.63, 3.8) is 0 Å². The molecule has 0 aromatic carbocycles. The van der Waals surface area contributed by atoms with E-state index in [0.29, 0.717) is 37.8 Å². The molecule has 1 aliphatic heterocycles. The predicted octanol–water partition coefficient (Wildman–Crippen LogP) is -0.527. The first-order valence-corrected chi connectivity index (χ1v) is 8.21. The van der Waals surface area contributed by atoms with E-state index < -0.39 is 0 Å². The number of aryl methyl sites for hydroxylation is 2. The van der Waals surface area contributed by atoms with Crippen molar-refractivity contribution in [2.24, 2.45) is 7.05 Å². The van der Waals surface area contributed by atoms with Gasteiger partial charge in [0.1, 0.15) is 11.5 Å². The Hall–Kier alpha value is -3.01. The van der Waals surface area contributed by atoms with E-state index in [1.54, 1.807) is 17.9 Å². The van der Waals surface area contributed by atoms with Gasteiger partial charge in [-0.1, -0.05) is 5.16 Å². The highest BCUT2D eigenvalue weighted by atomic mass is 16.5. The molecule has 10 heteroatoms. The van der Waals surface area contributed by atoms with E-state index in [1.807, 2.05) is 4.90 Å². The van der Waals surface area contributed by atoms with Crippen molar-refractivity contribution in [3.05, 3.63) is 40.0 Å². The van der Waals surface area contributed by atoms with Crippen LogP contribution in [0.5, 0.6) is 0 Å². The molecule has 26 heavy (non-hydrogen) atoms. The highest BCUT2D eigenvalue weighted by Gasteiger charge is 2.24. The van der Waals surface area contributed by atoms with Gasteiger partial charge in [-0.15, -0.1) is 0 Å². The van der Waals surface area contributed by atoms with Gasteiger partial charge >= 0.3 is 0 Å². The zero-order valence-electron chi connectivity index (χ0n) is 14.6. The van der Waals surface area contributed by atoms with Crippen molar-refractivity contribution in [1.29, 1.82) is 0 Å². The molecule has 2 aromatic heterocycles. The SMILES string of the molecule is Cc1cc(NC(=O)CN2CCN(C(=O)c3ccc(=O)n(C)n3)CC2)no1. The van der Waals surface area contributed by atoms with Crippen molar-refractivity contribution in [1.82, 2.24) is 24.7 Å². The lowest BCUT2D eigenvalue weighted by Gasteiger charge is -2.34. The molecule has 0 saturated carbocycles. The van der Waals surface area contributed by atoms with Gasteiger partial charge in [0.05, 0.1) is 6.54 Å². The van der Waals surface area contributed by atoms with Gasteiger partial charge in [0.15, 0.2) is 5.82 Å². The molecule has 0 unspecified atom stereocenters. The number of anilines is 1. The molecule has 0 bridgehead atoms. The van der Waals surface area contributed by atoms with E-state index >= 15 is 0 Å². The molecule has 0 aliphatic carbocycles. The summed E-state index contributed by atoms with van der Waals surface area (Å²) in [5.41, 5.74) is -0.0283. The van der Waals surface area contributed by atoms with Gasteiger partial charge in [-0.2, -0.15) is 5.10 Å². The largest absolute Gasteiger partial charge is 0.360 e. The molecule has 0 spiro atoms. The van der Waals surface area contributed by atoms with Crippen molar-refractivity contribution in [2.75, 3.05) is 38.0 Å². The third kappa shape index (κ3) is 4.14. The third-order valence-electron chi connectivity index (χ3n) is 4.10. The number of nitrogens with zero attached hydrogens (tertiary/aromatic N) is 5. The minimum Gasteiger partial charge on any atom is -0.360 e. The van der Waals surface area contributed by atoms with Gasteiger partial charge in [0.2, 0.25) is 5.91 Å². The molecule has 1 aliphatic rings. The first kappa shape index (κ1) is 17.8. The summed E-state index contributed by atoms with van der Waals surface area (Å²) in [6.45, 7) is 4.08. The number of hydrogen-bond acceptors (Lipinski definition) is 7. The van der Waals surface area contributed by atoms with Gasteiger partial charge in [0, 0.05) is 45.4 Å². The number of nitrogens with one attached hydrogen (secondary N) is 1. The van der Waals surface area contributed by atoms with Crippen LogP contribution >= 0.6 is 0 Å². The van der Waals surface area contributed by atoms with Crippen LogP contribution in [-0.4, -0.2) is 69.3 Å². The van der Waals surface area contributed by atoms with Gasteiger partial charge in [-0.3, -0.25) is 19.3 Å². The lowest BCUT2D eigenvalue weighted by Crippen LogP contribution is -2.50. The molecule has 1 N–H and O–H groups in total. The number of hydrogen-bond donors (Lipinski definition) is 1. The Bertz CT molecular complexity index is 866. The van der Waals surface area contributed by atoms with Crippen molar-refractivity contribution >= 4 is 17.6 Å². The molecule has 138 valence electrons. The van der Waals surface area contributed by atoms with Gasteiger partial charge in [-0.05, 0) is 13.0 Å². The van der Waals surface area contributed by atoms with E-state index in [0.717, 1.165) is 4.68 Å². The van der Waals surface area contributed by atoms with E-state index in [-0.39, 0.29) is 29.6 Å². The standard InChI is InChI=1S/C16H20N6O4/c1-11-9-13(19-26-11)17-14(23)10-21-5-7-22(8-6-21)16(25)12-3-4-15(24)20(2)18-12/h3-4,9H,5-8,10H2,1-2H3,(H,17,19,23). The van der Waals surface area contributed by atoms with Crippen molar-refractivity contribution in [2.45, 2.75) is 6.92 Å². The molecule has 1 saturated heterocycles. The first-order chi connectivity index (χ1) is 12.4. The normalized spacial score (nSPS) is 15.1. The average Bonchev–Trinajstić information content (AvgIpc) is 3.02. The molecular formula is C16H20N6O4. The zero-order chi connectivity index (χ0) is 18.7. The van der Waals surface area contributed by atoms with E-state index in [9.17, 15) is 14.4 Å². The lowest BCUT2D eigenvalue weighted by molar-refractivity contribution is -0.117. The van der Waals surface area contributed by atoms with Crippen LogP contribution in [0.3, 0.4) is 0 Å². The van der Waals surface area contributed by atoms with E-state index in [4.69, 9.17) is 4.52 Å². The van der Waals surface area contributed by atoms with Gasteiger partial charge in [0.25, 0.3) is 11.5 Å². The van der Waals surface area contributed by atoms with Crippen LogP contribution in [0.4, 0.5) is 5.82 Å². The summed E-state index contributed by atoms with van der Waals surface area (Å²) in [5, 5.41) is 10.4. The third-order valence-corrected chi connectivity index (χ3v) is 4.10. The fraction of sp³-hybridized carbons (Fsp3) is 0.438. The summed E-state index contributed by atoms with van der Waals surface area (Å²) in [7, 11) is 1.51. The van der Waals surface area contributed by atoms with E-state index in [2.05, 4.69) is 15.6 Å². The number of carbonyl (C=O) groups is 2. The topological polar surface area (TPSA) is 114 Å². The average molecular weight is 360 g/mol. The summed E-state index contributed by atoms with van der Waals surface area (Å²) < 4.78 is 6.04. The molecule has 3 heterocycles. The maximum Gasteiger partial charge on any atom is 0.274 e. The van der Waals surface area contributed by atoms with E-state index in [1.165, 1.54) is 19.2 Å². The minimum atomic E-state index is -0.264. The summed E-state index contributed by atoms with van der Waals surface area (Å²) in [6.07, 6.45) is 0. The van der Waals surface area contributed by atoms with Crippen molar-refractivity contribution in [3.8, 4) is 0 Å². The number of piperazine rings is 1. The number of rotatable bonds is 4.